The molecule has 92 valence electrons. The first-order valence-corrected chi connectivity index (χ1v) is 6.14. The Hall–Kier alpha value is -1.06. The van der Waals surface area contributed by atoms with Crippen LogP contribution in [0, 0.1) is 0 Å². The van der Waals surface area contributed by atoms with E-state index in [-0.39, 0.29) is 11.3 Å². The number of hydrogen-bond donors (Lipinski definition) is 1. The third-order valence-electron chi connectivity index (χ3n) is 3.17. The molecule has 0 fully saturated rings. The maximum atomic E-state index is 12.0. The van der Waals surface area contributed by atoms with Crippen LogP contribution in [-0.2, 0) is 10.2 Å². The zero-order chi connectivity index (χ0) is 12.6. The predicted octanol–water partition coefficient (Wildman–Crippen LogP) is 2.31. The van der Waals surface area contributed by atoms with Crippen LogP contribution in [0.5, 0.6) is 0 Å². The SMILES string of the molecule is CC1(C)CN(C(=O)CCN)c2cccc(Cl)c21. The van der Waals surface area contributed by atoms with E-state index in [1.165, 1.54) is 0 Å². The Morgan fingerprint density at radius 1 is 1.53 bits per heavy atom. The minimum atomic E-state index is -0.0993. The Kier molecular flexibility index (Phi) is 3.15. The van der Waals surface area contributed by atoms with Gasteiger partial charge in [-0.25, -0.2) is 0 Å². The van der Waals surface area contributed by atoms with E-state index in [4.69, 9.17) is 17.3 Å². The maximum absolute atomic E-state index is 12.0. The molecule has 1 aromatic rings. The standard InChI is InChI=1S/C13H17ClN2O/c1-13(2)8-16(11(17)6-7-15)10-5-3-4-9(14)12(10)13/h3-5H,6-8,15H2,1-2H3. The van der Waals surface area contributed by atoms with Crippen LogP contribution in [0.1, 0.15) is 25.8 Å². The number of rotatable bonds is 2. The van der Waals surface area contributed by atoms with Crippen molar-refractivity contribution in [1.82, 2.24) is 0 Å². The third kappa shape index (κ3) is 2.05. The topological polar surface area (TPSA) is 46.3 Å². The van der Waals surface area contributed by atoms with Gasteiger partial charge in [0.05, 0.1) is 0 Å². The fraction of sp³-hybridized carbons (Fsp3) is 0.462. The molecule has 0 saturated heterocycles. The Labute approximate surface area is 107 Å². The first kappa shape index (κ1) is 12.4. The van der Waals surface area contributed by atoms with Crippen molar-refractivity contribution in [3.8, 4) is 0 Å². The second kappa shape index (κ2) is 4.31. The van der Waals surface area contributed by atoms with Crippen molar-refractivity contribution in [2.24, 2.45) is 5.73 Å². The van der Waals surface area contributed by atoms with Gasteiger partial charge in [-0.15, -0.1) is 0 Å². The molecule has 0 unspecified atom stereocenters. The average molecular weight is 253 g/mol. The van der Waals surface area contributed by atoms with Crippen LogP contribution < -0.4 is 10.6 Å². The molecule has 0 spiro atoms. The molecule has 1 aliphatic rings. The van der Waals surface area contributed by atoms with Crippen molar-refractivity contribution in [3.63, 3.8) is 0 Å². The van der Waals surface area contributed by atoms with Crippen LogP contribution in [-0.4, -0.2) is 19.0 Å². The number of halogens is 1. The van der Waals surface area contributed by atoms with E-state index >= 15 is 0 Å². The first-order chi connectivity index (χ1) is 7.97. The monoisotopic (exact) mass is 252 g/mol. The van der Waals surface area contributed by atoms with Crippen LogP contribution in [0.15, 0.2) is 18.2 Å². The number of hydrogen-bond acceptors (Lipinski definition) is 2. The number of benzene rings is 1. The highest BCUT2D eigenvalue weighted by atomic mass is 35.5. The van der Waals surface area contributed by atoms with Gasteiger partial charge in [0.15, 0.2) is 0 Å². The van der Waals surface area contributed by atoms with Crippen LogP contribution in [0.4, 0.5) is 5.69 Å². The Balaban J connectivity index is 2.45. The molecule has 2 rings (SSSR count). The summed E-state index contributed by atoms with van der Waals surface area (Å²) in [5.41, 5.74) is 7.34. The van der Waals surface area contributed by atoms with Crippen molar-refractivity contribution in [2.45, 2.75) is 25.7 Å². The van der Waals surface area contributed by atoms with Crippen LogP contribution in [0.3, 0.4) is 0 Å². The summed E-state index contributed by atoms with van der Waals surface area (Å²) in [6, 6.07) is 5.70. The number of carbonyl (C=O) groups is 1. The second-order valence-electron chi connectivity index (χ2n) is 5.04. The predicted molar refractivity (Wildman–Crippen MR) is 70.5 cm³/mol. The minimum absolute atomic E-state index is 0.0709. The highest BCUT2D eigenvalue weighted by Gasteiger charge is 2.39. The first-order valence-electron chi connectivity index (χ1n) is 5.77. The van der Waals surface area contributed by atoms with E-state index in [1.54, 1.807) is 4.90 Å². The lowest BCUT2D eigenvalue weighted by Crippen LogP contribution is -2.34. The van der Waals surface area contributed by atoms with E-state index < -0.39 is 0 Å². The molecule has 3 nitrogen and oxygen atoms in total. The largest absolute Gasteiger partial charge is 0.330 e. The number of carbonyl (C=O) groups excluding carboxylic acids is 1. The molecule has 1 aliphatic heterocycles. The highest BCUT2D eigenvalue weighted by molar-refractivity contribution is 6.32. The van der Waals surface area contributed by atoms with Crippen molar-refractivity contribution < 1.29 is 4.79 Å². The fourth-order valence-electron chi connectivity index (χ4n) is 2.45. The summed E-state index contributed by atoms with van der Waals surface area (Å²) in [5.74, 6) is 0.0709. The second-order valence-corrected chi connectivity index (χ2v) is 5.44. The van der Waals surface area contributed by atoms with Gasteiger partial charge in [-0.3, -0.25) is 4.79 Å². The summed E-state index contributed by atoms with van der Waals surface area (Å²) in [4.78, 5) is 13.8. The molecular weight excluding hydrogens is 236 g/mol. The van der Waals surface area contributed by atoms with Gasteiger partial charge < -0.3 is 10.6 Å². The van der Waals surface area contributed by atoms with E-state index in [1.807, 2.05) is 18.2 Å². The summed E-state index contributed by atoms with van der Waals surface area (Å²) in [5, 5.41) is 0.732. The number of nitrogens with zero attached hydrogens (tertiary/aromatic N) is 1. The van der Waals surface area contributed by atoms with Gasteiger partial charge in [0, 0.05) is 41.2 Å². The van der Waals surface area contributed by atoms with E-state index in [9.17, 15) is 4.79 Å². The molecule has 4 heteroatoms. The van der Waals surface area contributed by atoms with Gasteiger partial charge in [0.1, 0.15) is 0 Å². The molecule has 1 heterocycles. The van der Waals surface area contributed by atoms with Gasteiger partial charge in [0.2, 0.25) is 5.91 Å². The van der Waals surface area contributed by atoms with Gasteiger partial charge in [-0.2, -0.15) is 0 Å². The van der Waals surface area contributed by atoms with Gasteiger partial charge in [-0.05, 0) is 12.1 Å². The molecule has 0 radical (unpaired) electrons. The summed E-state index contributed by atoms with van der Waals surface area (Å²) >= 11 is 6.24. The zero-order valence-corrected chi connectivity index (χ0v) is 10.9. The molecule has 0 atom stereocenters. The van der Waals surface area contributed by atoms with Crippen LogP contribution in [0.25, 0.3) is 0 Å². The molecule has 1 amide bonds. The van der Waals surface area contributed by atoms with Gasteiger partial charge in [-0.1, -0.05) is 31.5 Å². The summed E-state index contributed by atoms with van der Waals surface area (Å²) < 4.78 is 0. The normalized spacial score (nSPS) is 17.1. The lowest BCUT2D eigenvalue weighted by Gasteiger charge is -2.20. The van der Waals surface area contributed by atoms with Crippen LogP contribution >= 0.6 is 11.6 Å². The lowest BCUT2D eigenvalue weighted by atomic mass is 9.87. The Morgan fingerprint density at radius 3 is 2.88 bits per heavy atom. The highest BCUT2D eigenvalue weighted by Crippen LogP contribution is 2.44. The smallest absolute Gasteiger partial charge is 0.228 e. The van der Waals surface area contributed by atoms with Gasteiger partial charge in [0.25, 0.3) is 0 Å². The Morgan fingerprint density at radius 2 is 2.24 bits per heavy atom. The van der Waals surface area contributed by atoms with Crippen molar-refractivity contribution >= 4 is 23.2 Å². The number of fused-ring (bicyclic) bond motifs is 1. The molecule has 1 aromatic carbocycles. The van der Waals surface area contributed by atoms with E-state index in [2.05, 4.69) is 13.8 Å². The molecule has 0 bridgehead atoms. The molecule has 2 N–H and O–H groups in total. The Bertz CT molecular complexity index is 457. The quantitative estimate of drug-likeness (QED) is 0.878. The van der Waals surface area contributed by atoms with Crippen molar-refractivity contribution in [3.05, 3.63) is 28.8 Å². The zero-order valence-electron chi connectivity index (χ0n) is 10.2. The average Bonchev–Trinajstić information content (AvgIpc) is 2.52. The van der Waals surface area contributed by atoms with Gasteiger partial charge >= 0.3 is 0 Å². The van der Waals surface area contributed by atoms with Crippen LogP contribution in [0.2, 0.25) is 5.02 Å². The molecule has 0 saturated carbocycles. The van der Waals surface area contributed by atoms with Crippen molar-refractivity contribution in [1.29, 1.82) is 0 Å². The van der Waals surface area contributed by atoms with Crippen molar-refractivity contribution in [2.75, 3.05) is 18.0 Å². The number of anilines is 1. The minimum Gasteiger partial charge on any atom is -0.330 e. The number of amides is 1. The molecular formula is C13H17ClN2O. The summed E-state index contributed by atoms with van der Waals surface area (Å²) in [6.07, 6.45) is 0.377. The molecule has 0 aromatic heterocycles. The van der Waals surface area contributed by atoms with E-state index in [0.29, 0.717) is 19.5 Å². The summed E-state index contributed by atoms with van der Waals surface area (Å²) in [6.45, 7) is 5.26. The van der Waals surface area contributed by atoms with E-state index in [0.717, 1.165) is 16.3 Å². The third-order valence-corrected chi connectivity index (χ3v) is 3.49. The fourth-order valence-corrected chi connectivity index (χ4v) is 2.87. The molecule has 17 heavy (non-hydrogen) atoms. The maximum Gasteiger partial charge on any atom is 0.228 e. The lowest BCUT2D eigenvalue weighted by molar-refractivity contribution is -0.118. The summed E-state index contributed by atoms with van der Waals surface area (Å²) in [7, 11) is 0. The number of nitrogens with two attached hydrogens (primary N) is 1. The molecule has 0 aliphatic carbocycles.